The molecule has 8 heteroatoms. The minimum Gasteiger partial charge on any atom is -0.490 e. The third kappa shape index (κ3) is 6.44. The maximum atomic E-state index is 11.4. The highest BCUT2D eigenvalue weighted by Gasteiger charge is 2.15. The van der Waals surface area contributed by atoms with E-state index in [4.69, 9.17) is 9.47 Å². The Morgan fingerprint density at radius 1 is 1.43 bits per heavy atom. The second-order valence-electron chi connectivity index (χ2n) is 5.15. The molecule has 21 heavy (non-hydrogen) atoms. The van der Waals surface area contributed by atoms with Crippen molar-refractivity contribution in [1.29, 1.82) is 0 Å². The lowest BCUT2D eigenvalue weighted by Gasteiger charge is -2.19. The average Bonchev–Trinajstić information content (AvgIpc) is 2.34. The van der Waals surface area contributed by atoms with Crippen molar-refractivity contribution in [2.75, 3.05) is 13.2 Å². The number of amides is 1. The number of nitrogens with one attached hydrogen (secondary N) is 1. The number of carbonyl (C=O) groups excluding carboxylic acids is 1. The van der Waals surface area contributed by atoms with Crippen molar-refractivity contribution >= 4 is 27.7 Å². The van der Waals surface area contributed by atoms with E-state index >= 15 is 0 Å². The first-order valence-corrected chi connectivity index (χ1v) is 7.02. The molecule has 1 N–H and O–H groups in total. The van der Waals surface area contributed by atoms with Gasteiger partial charge in [-0.05, 0) is 42.8 Å². The fraction of sp³-hybridized carbons (Fsp3) is 0.462. The highest BCUT2D eigenvalue weighted by atomic mass is 79.9. The maximum absolute atomic E-state index is 11.4. The number of carbonyl (C=O) groups is 1. The van der Waals surface area contributed by atoms with Gasteiger partial charge in [0.05, 0.1) is 22.0 Å². The Labute approximate surface area is 130 Å². The summed E-state index contributed by atoms with van der Waals surface area (Å²) in [7, 11) is 0. The minimum absolute atomic E-state index is 0.0618. The zero-order valence-corrected chi connectivity index (χ0v) is 13.6. The molecule has 116 valence electrons. The summed E-state index contributed by atoms with van der Waals surface area (Å²) in [5.41, 5.74) is -0.623. The van der Waals surface area contributed by atoms with Crippen LogP contribution in [-0.4, -0.2) is 29.8 Å². The molecule has 0 aliphatic heterocycles. The van der Waals surface area contributed by atoms with Crippen LogP contribution in [0.1, 0.15) is 20.8 Å². The lowest BCUT2D eigenvalue weighted by Crippen LogP contribution is -2.34. The molecule has 0 atom stereocenters. The van der Waals surface area contributed by atoms with E-state index in [0.717, 1.165) is 0 Å². The summed E-state index contributed by atoms with van der Waals surface area (Å²) in [6.45, 7) is 5.69. The lowest BCUT2D eigenvalue weighted by molar-refractivity contribution is -0.385. The molecule has 0 aromatic heterocycles. The zero-order valence-electron chi connectivity index (χ0n) is 12.0. The van der Waals surface area contributed by atoms with E-state index in [0.29, 0.717) is 10.2 Å². The van der Waals surface area contributed by atoms with E-state index in [1.54, 1.807) is 20.8 Å². The normalized spacial score (nSPS) is 10.9. The van der Waals surface area contributed by atoms with Gasteiger partial charge in [0.2, 0.25) is 0 Å². The Hall–Kier alpha value is -1.83. The van der Waals surface area contributed by atoms with Crippen LogP contribution in [0.4, 0.5) is 10.5 Å². The van der Waals surface area contributed by atoms with Gasteiger partial charge in [0.1, 0.15) is 18.0 Å². The number of ether oxygens (including phenoxy) is 2. The largest absolute Gasteiger partial charge is 0.490 e. The van der Waals surface area contributed by atoms with Crippen molar-refractivity contribution < 1.29 is 19.2 Å². The van der Waals surface area contributed by atoms with Gasteiger partial charge >= 0.3 is 6.09 Å². The van der Waals surface area contributed by atoms with Crippen molar-refractivity contribution in [2.24, 2.45) is 0 Å². The van der Waals surface area contributed by atoms with Crippen LogP contribution in [0.25, 0.3) is 0 Å². The van der Waals surface area contributed by atoms with E-state index in [9.17, 15) is 14.9 Å². The molecule has 0 aliphatic carbocycles. The number of nitro benzene ring substituents is 1. The molecule has 7 nitrogen and oxygen atoms in total. The summed E-state index contributed by atoms with van der Waals surface area (Å²) >= 11 is 3.24. The summed E-state index contributed by atoms with van der Waals surface area (Å²) < 4.78 is 11.0. The Kier molecular flexibility index (Phi) is 5.95. The quantitative estimate of drug-likeness (QED) is 0.494. The molecule has 1 amide bonds. The standard InChI is InChI=1S/C13H17BrN2O5/c1-13(2,3)21-12(17)15-6-7-20-11-8-9(16(18)19)4-5-10(11)14/h4-5,8H,6-7H2,1-3H3,(H,15,17). The third-order valence-electron chi connectivity index (χ3n) is 2.15. The average molecular weight is 361 g/mol. The number of non-ortho nitro benzene ring substituents is 1. The van der Waals surface area contributed by atoms with E-state index < -0.39 is 16.6 Å². The second kappa shape index (κ2) is 7.26. The molecular weight excluding hydrogens is 344 g/mol. The number of rotatable bonds is 5. The molecule has 0 bridgehead atoms. The Morgan fingerprint density at radius 3 is 2.67 bits per heavy atom. The zero-order chi connectivity index (χ0) is 16.0. The van der Waals surface area contributed by atoms with Gasteiger partial charge in [0.25, 0.3) is 5.69 Å². The molecule has 1 aromatic rings. The molecule has 0 spiro atoms. The van der Waals surface area contributed by atoms with Crippen molar-refractivity contribution in [3.05, 3.63) is 32.8 Å². The van der Waals surface area contributed by atoms with Crippen LogP contribution in [-0.2, 0) is 4.74 Å². The van der Waals surface area contributed by atoms with Crippen LogP contribution in [0, 0.1) is 10.1 Å². The van der Waals surface area contributed by atoms with Crippen LogP contribution >= 0.6 is 15.9 Å². The summed E-state index contributed by atoms with van der Waals surface area (Å²) in [5, 5.41) is 13.2. The number of hydrogen-bond donors (Lipinski definition) is 1. The molecule has 0 fully saturated rings. The molecule has 0 saturated carbocycles. The molecule has 0 unspecified atom stereocenters. The van der Waals surface area contributed by atoms with Gasteiger partial charge in [-0.15, -0.1) is 0 Å². The molecule has 1 rings (SSSR count). The smallest absolute Gasteiger partial charge is 0.407 e. The number of benzene rings is 1. The summed E-state index contributed by atoms with van der Waals surface area (Å²) in [4.78, 5) is 21.6. The van der Waals surface area contributed by atoms with Crippen molar-refractivity contribution in [2.45, 2.75) is 26.4 Å². The topological polar surface area (TPSA) is 90.7 Å². The number of halogens is 1. The maximum Gasteiger partial charge on any atom is 0.407 e. The monoisotopic (exact) mass is 360 g/mol. The van der Waals surface area contributed by atoms with Crippen LogP contribution in [0.2, 0.25) is 0 Å². The SMILES string of the molecule is CC(C)(C)OC(=O)NCCOc1cc([N+](=O)[O-])ccc1Br. The molecule has 0 heterocycles. The van der Waals surface area contributed by atoms with Crippen molar-refractivity contribution in [1.82, 2.24) is 5.32 Å². The van der Waals surface area contributed by atoms with Crippen LogP contribution in [0.3, 0.4) is 0 Å². The highest BCUT2D eigenvalue weighted by Crippen LogP contribution is 2.29. The van der Waals surface area contributed by atoms with Gasteiger partial charge in [-0.25, -0.2) is 4.79 Å². The first-order chi connectivity index (χ1) is 9.69. The fourth-order valence-corrected chi connectivity index (χ4v) is 1.71. The number of hydrogen-bond acceptors (Lipinski definition) is 5. The Balaban J connectivity index is 2.44. The van der Waals surface area contributed by atoms with E-state index in [1.165, 1.54) is 18.2 Å². The molecular formula is C13H17BrN2O5. The van der Waals surface area contributed by atoms with Crippen molar-refractivity contribution in [3.63, 3.8) is 0 Å². The third-order valence-corrected chi connectivity index (χ3v) is 2.81. The first-order valence-electron chi connectivity index (χ1n) is 6.22. The molecule has 0 aliphatic rings. The van der Waals surface area contributed by atoms with E-state index in [-0.39, 0.29) is 18.8 Å². The molecule has 0 saturated heterocycles. The molecule has 0 radical (unpaired) electrons. The van der Waals surface area contributed by atoms with Gasteiger partial charge < -0.3 is 14.8 Å². The lowest BCUT2D eigenvalue weighted by atomic mass is 10.2. The highest BCUT2D eigenvalue weighted by molar-refractivity contribution is 9.10. The fourth-order valence-electron chi connectivity index (χ4n) is 1.34. The van der Waals surface area contributed by atoms with E-state index in [1.807, 2.05) is 0 Å². The van der Waals surface area contributed by atoms with Crippen LogP contribution in [0.5, 0.6) is 5.75 Å². The van der Waals surface area contributed by atoms with Gasteiger partial charge in [-0.1, -0.05) is 0 Å². The minimum atomic E-state index is -0.561. The van der Waals surface area contributed by atoms with Crippen molar-refractivity contribution in [3.8, 4) is 5.75 Å². The van der Waals surface area contributed by atoms with E-state index in [2.05, 4.69) is 21.2 Å². The first kappa shape index (κ1) is 17.2. The van der Waals surface area contributed by atoms with Crippen LogP contribution < -0.4 is 10.1 Å². The Bertz CT molecular complexity index is 528. The van der Waals surface area contributed by atoms with Gasteiger partial charge in [-0.3, -0.25) is 10.1 Å². The Morgan fingerprint density at radius 2 is 2.10 bits per heavy atom. The van der Waals surface area contributed by atoms with Crippen LogP contribution in [0.15, 0.2) is 22.7 Å². The molecule has 1 aromatic carbocycles. The van der Waals surface area contributed by atoms with Gasteiger partial charge in [0.15, 0.2) is 0 Å². The predicted molar refractivity (Wildman–Crippen MR) is 80.5 cm³/mol. The number of alkyl carbamates (subject to hydrolysis) is 1. The van der Waals surface area contributed by atoms with Gasteiger partial charge in [0, 0.05) is 6.07 Å². The predicted octanol–water partition coefficient (Wildman–Crippen LogP) is 3.26. The summed E-state index contributed by atoms with van der Waals surface area (Å²) in [6.07, 6.45) is -0.538. The summed E-state index contributed by atoms with van der Waals surface area (Å²) in [5.74, 6) is 0.343. The summed E-state index contributed by atoms with van der Waals surface area (Å²) in [6, 6.07) is 4.22. The number of nitrogens with zero attached hydrogens (tertiary/aromatic N) is 1. The number of nitro groups is 1. The van der Waals surface area contributed by atoms with Gasteiger partial charge in [-0.2, -0.15) is 0 Å². The second-order valence-corrected chi connectivity index (χ2v) is 6.00.